The van der Waals surface area contributed by atoms with Gasteiger partial charge in [-0.1, -0.05) is 26.0 Å². The first-order chi connectivity index (χ1) is 8.09. The number of rotatable bonds is 1. The average molecular weight is 227 g/mol. The summed E-state index contributed by atoms with van der Waals surface area (Å²) in [4.78, 5) is 0. The van der Waals surface area contributed by atoms with E-state index in [2.05, 4.69) is 32.0 Å². The van der Waals surface area contributed by atoms with Gasteiger partial charge in [0.05, 0.1) is 18.1 Å². The van der Waals surface area contributed by atoms with Crippen molar-refractivity contribution in [3.8, 4) is 11.8 Å². The van der Waals surface area contributed by atoms with Crippen molar-refractivity contribution in [2.45, 2.75) is 38.5 Å². The minimum atomic E-state index is -0.264. The van der Waals surface area contributed by atoms with E-state index in [1.165, 1.54) is 11.1 Å². The Hall–Kier alpha value is -1.49. The molecule has 3 rings (SSSR count). The first kappa shape index (κ1) is 10.7. The molecule has 88 valence electrons. The van der Waals surface area contributed by atoms with Gasteiger partial charge < -0.3 is 4.74 Å². The van der Waals surface area contributed by atoms with Crippen molar-refractivity contribution in [1.82, 2.24) is 0 Å². The summed E-state index contributed by atoms with van der Waals surface area (Å²) in [5, 5.41) is 9.47. The quantitative estimate of drug-likeness (QED) is 0.738. The van der Waals surface area contributed by atoms with Crippen molar-refractivity contribution < 1.29 is 4.74 Å². The lowest BCUT2D eigenvalue weighted by Crippen LogP contribution is -2.14. The summed E-state index contributed by atoms with van der Waals surface area (Å²) in [6.45, 7) is 5.17. The number of nitriles is 1. The van der Waals surface area contributed by atoms with E-state index in [0.29, 0.717) is 0 Å². The normalized spacial score (nSPS) is 28.8. The van der Waals surface area contributed by atoms with E-state index >= 15 is 0 Å². The number of hydrogen-bond donors (Lipinski definition) is 0. The van der Waals surface area contributed by atoms with Crippen LogP contribution >= 0.6 is 0 Å². The van der Waals surface area contributed by atoms with Crippen LogP contribution in [-0.2, 0) is 11.8 Å². The maximum Gasteiger partial charge on any atom is 0.122 e. The van der Waals surface area contributed by atoms with Gasteiger partial charge in [0.1, 0.15) is 5.75 Å². The van der Waals surface area contributed by atoms with Gasteiger partial charge >= 0.3 is 0 Å². The lowest BCUT2D eigenvalue weighted by atomic mass is 9.87. The first-order valence-electron chi connectivity index (χ1n) is 6.27. The zero-order chi connectivity index (χ0) is 12.1. The van der Waals surface area contributed by atoms with E-state index in [4.69, 9.17) is 4.74 Å². The molecule has 1 aliphatic heterocycles. The maximum atomic E-state index is 9.47. The molecule has 2 aliphatic rings. The summed E-state index contributed by atoms with van der Waals surface area (Å²) in [6.07, 6.45) is 3.13. The van der Waals surface area contributed by atoms with Crippen molar-refractivity contribution in [2.75, 3.05) is 6.61 Å². The lowest BCUT2D eigenvalue weighted by Gasteiger charge is -2.20. The largest absolute Gasteiger partial charge is 0.493 e. The fourth-order valence-corrected chi connectivity index (χ4v) is 2.99. The fraction of sp³-hybridized carbons (Fsp3) is 0.533. The molecule has 1 fully saturated rings. The molecule has 0 amide bonds. The molecule has 2 nitrogen and oxygen atoms in total. The van der Waals surface area contributed by atoms with E-state index in [1.54, 1.807) is 0 Å². The Labute approximate surface area is 102 Å². The zero-order valence-corrected chi connectivity index (χ0v) is 10.4. The van der Waals surface area contributed by atoms with Crippen LogP contribution in [0.5, 0.6) is 5.75 Å². The number of benzene rings is 1. The highest BCUT2D eigenvalue weighted by Gasteiger charge is 2.63. The number of hydrogen-bond acceptors (Lipinski definition) is 2. The summed E-state index contributed by atoms with van der Waals surface area (Å²) < 4.78 is 5.61. The Morgan fingerprint density at radius 1 is 1.35 bits per heavy atom. The van der Waals surface area contributed by atoms with Crippen molar-refractivity contribution >= 4 is 0 Å². The Kier molecular flexibility index (Phi) is 2.04. The Morgan fingerprint density at radius 3 is 2.76 bits per heavy atom. The molecule has 1 aromatic rings. The summed E-state index contributed by atoms with van der Waals surface area (Å²) in [5.41, 5.74) is 2.30. The smallest absolute Gasteiger partial charge is 0.122 e. The second-order valence-electron chi connectivity index (χ2n) is 5.85. The van der Waals surface area contributed by atoms with Crippen LogP contribution in [0.15, 0.2) is 18.2 Å². The highest BCUT2D eigenvalue weighted by Crippen LogP contribution is 2.64. The van der Waals surface area contributed by atoms with Gasteiger partial charge in [-0.25, -0.2) is 0 Å². The molecule has 0 aromatic heterocycles. The Balaban J connectivity index is 2.03. The molecule has 2 heteroatoms. The molecule has 1 heterocycles. The van der Waals surface area contributed by atoms with E-state index < -0.39 is 0 Å². The molecule has 1 aromatic carbocycles. The van der Waals surface area contributed by atoms with Crippen LogP contribution in [0, 0.1) is 16.7 Å². The monoisotopic (exact) mass is 227 g/mol. The van der Waals surface area contributed by atoms with Crippen LogP contribution in [0.3, 0.4) is 0 Å². The molecular weight excluding hydrogens is 210 g/mol. The minimum Gasteiger partial charge on any atom is -0.493 e. The van der Waals surface area contributed by atoms with Crippen LogP contribution in [0.1, 0.15) is 37.8 Å². The van der Waals surface area contributed by atoms with E-state index in [0.717, 1.165) is 31.6 Å². The third kappa shape index (κ3) is 1.38. The van der Waals surface area contributed by atoms with E-state index in [-0.39, 0.29) is 10.8 Å². The van der Waals surface area contributed by atoms with Crippen molar-refractivity contribution in [3.05, 3.63) is 29.3 Å². The predicted molar refractivity (Wildman–Crippen MR) is 65.9 cm³/mol. The summed E-state index contributed by atoms with van der Waals surface area (Å²) in [7, 11) is 0. The summed E-state index contributed by atoms with van der Waals surface area (Å²) >= 11 is 0. The van der Waals surface area contributed by atoms with Gasteiger partial charge in [-0.3, -0.25) is 0 Å². The maximum absolute atomic E-state index is 9.47. The summed E-state index contributed by atoms with van der Waals surface area (Å²) in [6, 6.07) is 8.82. The number of fused-ring (bicyclic) bond motifs is 1. The van der Waals surface area contributed by atoms with Gasteiger partial charge in [-0.2, -0.15) is 5.26 Å². The van der Waals surface area contributed by atoms with Crippen LogP contribution in [0.25, 0.3) is 0 Å². The molecular formula is C15H17NO. The number of ether oxygens (including phenoxy) is 1. The molecule has 1 atom stereocenters. The number of aryl methyl sites for hydroxylation is 1. The minimum absolute atomic E-state index is 0.117. The third-order valence-electron chi connectivity index (χ3n) is 4.33. The molecule has 1 unspecified atom stereocenters. The van der Waals surface area contributed by atoms with Gasteiger partial charge in [0.25, 0.3) is 0 Å². The average Bonchev–Trinajstić information content (AvgIpc) is 2.92. The molecule has 0 spiro atoms. The highest BCUT2D eigenvalue weighted by atomic mass is 16.5. The van der Waals surface area contributed by atoms with Gasteiger partial charge in [-0.15, -0.1) is 0 Å². The summed E-state index contributed by atoms with van der Waals surface area (Å²) in [5.74, 6) is 1.01. The van der Waals surface area contributed by atoms with Gasteiger partial charge in [-0.05, 0) is 41.9 Å². The molecule has 0 radical (unpaired) electrons. The SMILES string of the molecule is CC1(C)CC1(C#N)c1ccc2c(c1)CCCO2. The number of nitrogens with zero attached hydrogens (tertiary/aromatic N) is 1. The van der Waals surface area contributed by atoms with Crippen LogP contribution < -0.4 is 4.74 Å². The molecule has 0 N–H and O–H groups in total. The molecule has 17 heavy (non-hydrogen) atoms. The zero-order valence-electron chi connectivity index (χ0n) is 10.4. The van der Waals surface area contributed by atoms with Crippen molar-refractivity contribution in [3.63, 3.8) is 0 Å². The Bertz CT molecular complexity index is 512. The van der Waals surface area contributed by atoms with Crippen molar-refractivity contribution in [1.29, 1.82) is 5.26 Å². The second-order valence-corrected chi connectivity index (χ2v) is 5.85. The van der Waals surface area contributed by atoms with E-state index in [1.807, 2.05) is 6.07 Å². The molecule has 1 aliphatic carbocycles. The first-order valence-corrected chi connectivity index (χ1v) is 6.27. The van der Waals surface area contributed by atoms with Crippen molar-refractivity contribution in [2.24, 2.45) is 5.41 Å². The fourth-order valence-electron chi connectivity index (χ4n) is 2.99. The van der Waals surface area contributed by atoms with E-state index in [9.17, 15) is 5.26 Å². The molecule has 0 saturated heterocycles. The van der Waals surface area contributed by atoms with Gasteiger partial charge in [0.15, 0.2) is 0 Å². The van der Waals surface area contributed by atoms with Gasteiger partial charge in [0.2, 0.25) is 0 Å². The van der Waals surface area contributed by atoms with Crippen LogP contribution in [-0.4, -0.2) is 6.61 Å². The van der Waals surface area contributed by atoms with Gasteiger partial charge in [0, 0.05) is 0 Å². The molecule has 0 bridgehead atoms. The standard InChI is InChI=1S/C15H17NO/c1-14(2)9-15(14,10-16)12-5-6-13-11(8-12)4-3-7-17-13/h5-6,8H,3-4,7,9H2,1-2H3. The molecule has 1 saturated carbocycles. The Morgan fingerprint density at radius 2 is 2.12 bits per heavy atom. The highest BCUT2D eigenvalue weighted by molar-refractivity contribution is 5.49. The van der Waals surface area contributed by atoms with Crippen LogP contribution in [0.2, 0.25) is 0 Å². The van der Waals surface area contributed by atoms with Crippen LogP contribution in [0.4, 0.5) is 0 Å². The lowest BCUT2D eigenvalue weighted by molar-refractivity contribution is 0.288. The predicted octanol–water partition coefficient (Wildman–Crippen LogP) is 3.20. The topological polar surface area (TPSA) is 33.0 Å². The second kappa shape index (κ2) is 3.26. The third-order valence-corrected chi connectivity index (χ3v) is 4.33.